The summed E-state index contributed by atoms with van der Waals surface area (Å²) >= 11 is 0. The van der Waals surface area contributed by atoms with Gasteiger partial charge in [0.25, 0.3) is 0 Å². The molecule has 0 saturated heterocycles. The molecule has 2 nitrogen and oxygen atoms in total. The highest BCUT2D eigenvalue weighted by molar-refractivity contribution is 7.84. The molecule has 0 aromatic heterocycles. The highest BCUT2D eigenvalue weighted by Gasteiger charge is 2.13. The van der Waals surface area contributed by atoms with Crippen LogP contribution in [-0.4, -0.2) is 4.21 Å². The third-order valence-electron chi connectivity index (χ3n) is 2.56. The first-order valence-corrected chi connectivity index (χ1v) is 6.75. The maximum Gasteiger partial charge on any atom is 0.139 e. The molecular formula is C14H9F2NOS. The molecule has 0 bridgehead atoms. The van der Waals surface area contributed by atoms with Crippen molar-refractivity contribution in [2.24, 2.45) is 0 Å². The van der Waals surface area contributed by atoms with Gasteiger partial charge in [-0.3, -0.25) is 4.21 Å². The van der Waals surface area contributed by atoms with Crippen LogP contribution in [0.4, 0.5) is 8.78 Å². The van der Waals surface area contributed by atoms with Gasteiger partial charge in [0.05, 0.1) is 33.1 Å². The molecule has 96 valence electrons. The van der Waals surface area contributed by atoms with Gasteiger partial charge in [0.2, 0.25) is 0 Å². The average Bonchev–Trinajstić information content (AvgIpc) is 2.39. The normalized spacial score (nSPS) is 11.8. The number of halogens is 2. The van der Waals surface area contributed by atoms with Crippen molar-refractivity contribution in [1.29, 1.82) is 5.26 Å². The maximum atomic E-state index is 13.5. The fourth-order valence-corrected chi connectivity index (χ4v) is 2.83. The molecule has 2 aromatic rings. The van der Waals surface area contributed by atoms with E-state index in [1.54, 1.807) is 6.07 Å². The SMILES string of the molecule is N#Cc1ccc(F)cc1CS(=O)c1ccccc1F. The van der Waals surface area contributed by atoms with Crippen molar-refractivity contribution >= 4 is 10.8 Å². The van der Waals surface area contributed by atoms with Crippen LogP contribution in [0.15, 0.2) is 47.4 Å². The van der Waals surface area contributed by atoms with Crippen LogP contribution in [0.2, 0.25) is 0 Å². The van der Waals surface area contributed by atoms with Gasteiger partial charge in [-0.15, -0.1) is 0 Å². The second-order valence-electron chi connectivity index (χ2n) is 3.83. The maximum absolute atomic E-state index is 13.5. The van der Waals surface area contributed by atoms with E-state index in [1.807, 2.05) is 6.07 Å². The van der Waals surface area contributed by atoms with Gasteiger partial charge in [-0.05, 0) is 35.9 Å². The van der Waals surface area contributed by atoms with E-state index < -0.39 is 22.4 Å². The van der Waals surface area contributed by atoms with Crippen LogP contribution in [0.3, 0.4) is 0 Å². The molecule has 0 saturated carbocycles. The first-order chi connectivity index (χ1) is 9.11. The predicted octanol–water partition coefficient (Wildman–Crippen LogP) is 3.14. The predicted molar refractivity (Wildman–Crippen MR) is 67.6 cm³/mol. The van der Waals surface area contributed by atoms with Gasteiger partial charge < -0.3 is 0 Å². The minimum atomic E-state index is -1.66. The summed E-state index contributed by atoms with van der Waals surface area (Å²) < 4.78 is 38.7. The van der Waals surface area contributed by atoms with E-state index in [1.165, 1.54) is 24.3 Å². The van der Waals surface area contributed by atoms with Gasteiger partial charge in [0.1, 0.15) is 11.6 Å². The van der Waals surface area contributed by atoms with Crippen LogP contribution in [0.5, 0.6) is 0 Å². The van der Waals surface area contributed by atoms with Crippen molar-refractivity contribution in [2.45, 2.75) is 10.6 Å². The Bertz CT molecular complexity index is 679. The fourth-order valence-electron chi connectivity index (χ4n) is 1.64. The number of nitrogens with zero attached hydrogens (tertiary/aromatic N) is 1. The van der Waals surface area contributed by atoms with Gasteiger partial charge in [0.15, 0.2) is 0 Å². The molecule has 1 atom stereocenters. The zero-order valence-electron chi connectivity index (χ0n) is 9.77. The molecule has 0 aliphatic carbocycles. The van der Waals surface area contributed by atoms with Crippen molar-refractivity contribution in [2.75, 3.05) is 0 Å². The minimum absolute atomic E-state index is 0.0515. The van der Waals surface area contributed by atoms with Gasteiger partial charge in [0, 0.05) is 0 Å². The Hall–Kier alpha value is -2.06. The molecule has 2 rings (SSSR count). The molecule has 0 radical (unpaired) electrons. The Morgan fingerprint density at radius 2 is 1.89 bits per heavy atom. The Kier molecular flexibility index (Phi) is 4.03. The molecule has 19 heavy (non-hydrogen) atoms. The van der Waals surface area contributed by atoms with Gasteiger partial charge in [-0.1, -0.05) is 12.1 Å². The van der Waals surface area contributed by atoms with Crippen LogP contribution in [0.25, 0.3) is 0 Å². The van der Waals surface area contributed by atoms with Crippen molar-refractivity contribution in [1.82, 2.24) is 0 Å². The Balaban J connectivity index is 2.32. The fraction of sp³-hybridized carbons (Fsp3) is 0.0714. The van der Waals surface area contributed by atoms with Crippen LogP contribution < -0.4 is 0 Å². The molecule has 5 heteroatoms. The Morgan fingerprint density at radius 3 is 2.58 bits per heavy atom. The van der Waals surface area contributed by atoms with Crippen LogP contribution in [-0.2, 0) is 16.6 Å². The van der Waals surface area contributed by atoms with Crippen molar-refractivity contribution in [3.8, 4) is 6.07 Å². The second kappa shape index (κ2) is 5.72. The van der Waals surface area contributed by atoms with E-state index in [-0.39, 0.29) is 16.2 Å². The lowest BCUT2D eigenvalue weighted by Gasteiger charge is -2.05. The van der Waals surface area contributed by atoms with E-state index in [2.05, 4.69) is 0 Å². The van der Waals surface area contributed by atoms with E-state index in [9.17, 15) is 13.0 Å². The molecule has 0 amide bonds. The zero-order valence-corrected chi connectivity index (χ0v) is 10.6. The summed E-state index contributed by atoms with van der Waals surface area (Å²) in [5.74, 6) is -1.18. The van der Waals surface area contributed by atoms with E-state index in [0.29, 0.717) is 5.56 Å². The minimum Gasteiger partial charge on any atom is -0.254 e. The third kappa shape index (κ3) is 3.04. The van der Waals surface area contributed by atoms with Crippen molar-refractivity contribution in [3.63, 3.8) is 0 Å². The van der Waals surface area contributed by atoms with E-state index in [0.717, 1.165) is 12.1 Å². The largest absolute Gasteiger partial charge is 0.254 e. The first-order valence-electron chi connectivity index (χ1n) is 5.43. The number of nitriles is 1. The molecular weight excluding hydrogens is 268 g/mol. The van der Waals surface area contributed by atoms with E-state index in [4.69, 9.17) is 5.26 Å². The lowest BCUT2D eigenvalue weighted by Crippen LogP contribution is -2.01. The third-order valence-corrected chi connectivity index (χ3v) is 3.95. The van der Waals surface area contributed by atoms with Crippen LogP contribution >= 0.6 is 0 Å². The molecule has 0 aliphatic rings. The molecule has 0 N–H and O–H groups in total. The molecule has 0 spiro atoms. The summed E-state index contributed by atoms with van der Waals surface area (Å²) in [6.45, 7) is 0. The molecule has 0 fully saturated rings. The van der Waals surface area contributed by atoms with Crippen molar-refractivity contribution in [3.05, 3.63) is 65.2 Å². The van der Waals surface area contributed by atoms with Crippen LogP contribution in [0, 0.1) is 23.0 Å². The van der Waals surface area contributed by atoms with Crippen molar-refractivity contribution < 1.29 is 13.0 Å². The highest BCUT2D eigenvalue weighted by atomic mass is 32.2. The summed E-state index contributed by atoms with van der Waals surface area (Å²) in [5, 5.41) is 8.90. The molecule has 0 aliphatic heterocycles. The average molecular weight is 277 g/mol. The standard InChI is InChI=1S/C14H9F2NOS/c15-12-6-5-10(8-17)11(7-12)9-19(18)14-4-2-1-3-13(14)16/h1-7H,9H2. The quantitative estimate of drug-likeness (QED) is 0.864. The second-order valence-corrected chi connectivity index (χ2v) is 5.25. The highest BCUT2D eigenvalue weighted by Crippen LogP contribution is 2.18. The number of hydrogen-bond acceptors (Lipinski definition) is 2. The summed E-state index contributed by atoms with van der Waals surface area (Å²) in [5.41, 5.74) is 0.551. The summed E-state index contributed by atoms with van der Waals surface area (Å²) in [6, 6.07) is 11.2. The van der Waals surface area contributed by atoms with Gasteiger partial charge in [-0.25, -0.2) is 8.78 Å². The van der Waals surface area contributed by atoms with Crippen LogP contribution in [0.1, 0.15) is 11.1 Å². The molecule has 1 unspecified atom stereocenters. The lowest BCUT2D eigenvalue weighted by atomic mass is 10.1. The van der Waals surface area contributed by atoms with E-state index >= 15 is 0 Å². The molecule has 0 heterocycles. The summed E-state index contributed by atoms with van der Waals surface area (Å²) in [4.78, 5) is 0.0515. The zero-order chi connectivity index (χ0) is 13.8. The first kappa shape index (κ1) is 13.4. The topological polar surface area (TPSA) is 40.9 Å². The number of benzene rings is 2. The summed E-state index contributed by atoms with van der Waals surface area (Å²) in [7, 11) is -1.66. The monoisotopic (exact) mass is 277 g/mol. The van der Waals surface area contributed by atoms with Gasteiger partial charge in [-0.2, -0.15) is 5.26 Å². The number of rotatable bonds is 3. The molecule has 2 aromatic carbocycles. The smallest absolute Gasteiger partial charge is 0.139 e. The van der Waals surface area contributed by atoms with Gasteiger partial charge >= 0.3 is 0 Å². The Labute approximate surface area is 111 Å². The summed E-state index contributed by atoms with van der Waals surface area (Å²) in [6.07, 6.45) is 0. The number of hydrogen-bond donors (Lipinski definition) is 0. The lowest BCUT2D eigenvalue weighted by molar-refractivity contribution is 0.595. The Morgan fingerprint density at radius 1 is 1.16 bits per heavy atom.